The average molecular weight is 340 g/mol. The van der Waals surface area contributed by atoms with Crippen LogP contribution in [-0.2, 0) is 13.1 Å². The molecule has 2 aromatic heterocycles. The highest BCUT2D eigenvalue weighted by Crippen LogP contribution is 2.41. The lowest BCUT2D eigenvalue weighted by atomic mass is 10.2. The Morgan fingerprint density at radius 1 is 1.25 bits per heavy atom. The number of hydrogen-bond donors (Lipinski definition) is 2. The number of thiazole rings is 1. The van der Waals surface area contributed by atoms with Crippen molar-refractivity contribution < 1.29 is 5.11 Å². The summed E-state index contributed by atoms with van der Waals surface area (Å²) < 4.78 is 1.82. The molecule has 2 heterocycles. The van der Waals surface area contributed by atoms with Gasteiger partial charge in [-0.25, -0.2) is 9.67 Å². The maximum Gasteiger partial charge on any atom is 0.125 e. The molecule has 0 aliphatic heterocycles. The molecule has 5 nitrogen and oxygen atoms in total. The standard InChI is InChI=1S/C18H20N4OS/c23-9-8-22-17(10-16(21-22)13-4-2-1-3-5-13)19-11-15-12-20-18(24-15)14-6-7-14/h1-5,10,12,14,19,23H,6-9,11H2. The van der Waals surface area contributed by atoms with E-state index in [2.05, 4.69) is 15.4 Å². The molecule has 0 radical (unpaired) electrons. The first-order chi connectivity index (χ1) is 11.8. The summed E-state index contributed by atoms with van der Waals surface area (Å²) in [5, 5.41) is 18.6. The second-order valence-corrected chi connectivity index (χ2v) is 7.17. The molecule has 0 amide bonds. The van der Waals surface area contributed by atoms with Crippen molar-refractivity contribution in [3.63, 3.8) is 0 Å². The molecule has 6 heteroatoms. The van der Waals surface area contributed by atoms with E-state index >= 15 is 0 Å². The Morgan fingerprint density at radius 2 is 2.08 bits per heavy atom. The maximum atomic E-state index is 9.28. The minimum absolute atomic E-state index is 0.0664. The third kappa shape index (κ3) is 3.34. The van der Waals surface area contributed by atoms with E-state index in [0.29, 0.717) is 12.5 Å². The molecule has 1 saturated carbocycles. The zero-order valence-corrected chi connectivity index (χ0v) is 14.2. The van der Waals surface area contributed by atoms with Gasteiger partial charge in [-0.2, -0.15) is 5.10 Å². The van der Waals surface area contributed by atoms with Crippen LogP contribution in [-0.4, -0.2) is 26.5 Å². The normalized spacial score (nSPS) is 14.0. The summed E-state index contributed by atoms with van der Waals surface area (Å²) >= 11 is 1.79. The van der Waals surface area contributed by atoms with Crippen LogP contribution in [0, 0.1) is 0 Å². The van der Waals surface area contributed by atoms with Crippen molar-refractivity contribution in [3.8, 4) is 11.3 Å². The molecule has 1 aliphatic carbocycles. The summed E-state index contributed by atoms with van der Waals surface area (Å²) in [4.78, 5) is 5.75. The van der Waals surface area contributed by atoms with E-state index in [9.17, 15) is 5.11 Å². The number of rotatable bonds is 7. The van der Waals surface area contributed by atoms with Gasteiger partial charge in [0.05, 0.1) is 30.4 Å². The van der Waals surface area contributed by atoms with E-state index in [1.54, 1.807) is 11.3 Å². The van der Waals surface area contributed by atoms with Gasteiger partial charge in [0.2, 0.25) is 0 Å². The number of nitrogens with one attached hydrogen (secondary N) is 1. The van der Waals surface area contributed by atoms with Gasteiger partial charge in [0.1, 0.15) is 5.82 Å². The zero-order chi connectivity index (χ0) is 16.4. The predicted molar refractivity (Wildman–Crippen MR) is 96.2 cm³/mol. The van der Waals surface area contributed by atoms with Gasteiger partial charge in [0.15, 0.2) is 0 Å². The Kier molecular flexibility index (Phi) is 4.32. The van der Waals surface area contributed by atoms with E-state index in [4.69, 9.17) is 0 Å². The van der Waals surface area contributed by atoms with Gasteiger partial charge in [-0.15, -0.1) is 11.3 Å². The Bertz CT molecular complexity index is 808. The van der Waals surface area contributed by atoms with Crippen molar-refractivity contribution in [3.05, 3.63) is 52.5 Å². The molecule has 4 rings (SSSR count). The van der Waals surface area contributed by atoms with Crippen LogP contribution in [0.25, 0.3) is 11.3 Å². The summed E-state index contributed by atoms with van der Waals surface area (Å²) in [5.41, 5.74) is 1.99. The third-order valence-corrected chi connectivity index (χ3v) is 5.26. The number of nitrogens with zero attached hydrogens (tertiary/aromatic N) is 3. The Labute approximate surface area is 145 Å². The maximum absolute atomic E-state index is 9.28. The number of aliphatic hydroxyl groups is 1. The predicted octanol–water partition coefficient (Wildman–Crippen LogP) is 3.49. The molecule has 2 N–H and O–H groups in total. The van der Waals surface area contributed by atoms with E-state index in [1.807, 2.05) is 47.3 Å². The van der Waals surface area contributed by atoms with Gasteiger partial charge in [0, 0.05) is 28.6 Å². The number of anilines is 1. The monoisotopic (exact) mass is 340 g/mol. The van der Waals surface area contributed by atoms with Gasteiger partial charge >= 0.3 is 0 Å². The fourth-order valence-corrected chi connectivity index (χ4v) is 3.70. The van der Waals surface area contributed by atoms with Crippen molar-refractivity contribution in [1.29, 1.82) is 0 Å². The highest BCUT2D eigenvalue weighted by molar-refractivity contribution is 7.11. The summed E-state index contributed by atoms with van der Waals surface area (Å²) in [6.45, 7) is 1.28. The van der Waals surface area contributed by atoms with Crippen molar-refractivity contribution in [1.82, 2.24) is 14.8 Å². The van der Waals surface area contributed by atoms with Gasteiger partial charge in [-0.1, -0.05) is 30.3 Å². The van der Waals surface area contributed by atoms with Crippen LogP contribution in [0.1, 0.15) is 28.6 Å². The molecule has 1 aliphatic rings. The van der Waals surface area contributed by atoms with Gasteiger partial charge in [-0.05, 0) is 12.8 Å². The van der Waals surface area contributed by atoms with Crippen molar-refractivity contribution in [2.45, 2.75) is 31.8 Å². The lowest BCUT2D eigenvalue weighted by molar-refractivity contribution is 0.270. The van der Waals surface area contributed by atoms with Crippen LogP contribution >= 0.6 is 11.3 Å². The molecule has 0 unspecified atom stereocenters. The fourth-order valence-electron chi connectivity index (χ4n) is 2.68. The van der Waals surface area contributed by atoms with Crippen LogP contribution < -0.4 is 5.32 Å². The van der Waals surface area contributed by atoms with Crippen LogP contribution in [0.15, 0.2) is 42.6 Å². The first kappa shape index (κ1) is 15.4. The minimum Gasteiger partial charge on any atom is -0.394 e. The highest BCUT2D eigenvalue weighted by Gasteiger charge is 2.26. The molecule has 0 bridgehead atoms. The molecule has 0 atom stereocenters. The van der Waals surface area contributed by atoms with Crippen LogP contribution in [0.5, 0.6) is 0 Å². The smallest absolute Gasteiger partial charge is 0.125 e. The molecule has 0 spiro atoms. The quantitative estimate of drug-likeness (QED) is 0.691. The van der Waals surface area contributed by atoms with E-state index in [1.165, 1.54) is 22.7 Å². The van der Waals surface area contributed by atoms with Crippen LogP contribution in [0.4, 0.5) is 5.82 Å². The summed E-state index contributed by atoms with van der Waals surface area (Å²) in [6, 6.07) is 12.1. The largest absolute Gasteiger partial charge is 0.394 e. The molecular formula is C18H20N4OS. The number of aromatic nitrogens is 3. The van der Waals surface area contributed by atoms with Crippen molar-refractivity contribution in [2.24, 2.45) is 0 Å². The van der Waals surface area contributed by atoms with Gasteiger partial charge in [-0.3, -0.25) is 0 Å². The fraction of sp³-hybridized carbons (Fsp3) is 0.333. The molecule has 124 valence electrons. The first-order valence-electron chi connectivity index (χ1n) is 8.26. The van der Waals surface area contributed by atoms with Crippen molar-refractivity contribution >= 4 is 17.2 Å². The van der Waals surface area contributed by atoms with Gasteiger partial charge in [0.25, 0.3) is 0 Å². The molecular weight excluding hydrogens is 320 g/mol. The molecule has 1 fully saturated rings. The number of aliphatic hydroxyl groups excluding tert-OH is 1. The number of benzene rings is 1. The summed E-state index contributed by atoms with van der Waals surface area (Å²) in [7, 11) is 0. The van der Waals surface area contributed by atoms with Crippen LogP contribution in [0.3, 0.4) is 0 Å². The molecule has 1 aromatic carbocycles. The van der Waals surface area contributed by atoms with Gasteiger partial charge < -0.3 is 10.4 Å². The SMILES string of the molecule is OCCn1nc(-c2ccccc2)cc1NCc1cnc(C2CC2)s1. The Morgan fingerprint density at radius 3 is 2.83 bits per heavy atom. The highest BCUT2D eigenvalue weighted by atomic mass is 32.1. The summed E-state index contributed by atoms with van der Waals surface area (Å²) in [6.07, 6.45) is 4.53. The lowest BCUT2D eigenvalue weighted by Gasteiger charge is -2.07. The molecule has 24 heavy (non-hydrogen) atoms. The lowest BCUT2D eigenvalue weighted by Crippen LogP contribution is -2.09. The second-order valence-electron chi connectivity index (χ2n) is 6.02. The average Bonchev–Trinajstić information content (AvgIpc) is 3.22. The van der Waals surface area contributed by atoms with Crippen LogP contribution in [0.2, 0.25) is 0 Å². The second kappa shape index (κ2) is 6.75. The summed E-state index contributed by atoms with van der Waals surface area (Å²) in [5.74, 6) is 1.62. The molecule has 3 aromatic rings. The van der Waals surface area contributed by atoms with Crippen molar-refractivity contribution in [2.75, 3.05) is 11.9 Å². The third-order valence-electron chi connectivity index (χ3n) is 4.10. The Hall–Kier alpha value is -2.18. The van der Waals surface area contributed by atoms with E-state index < -0.39 is 0 Å². The Balaban J connectivity index is 1.51. The molecule has 0 saturated heterocycles. The zero-order valence-electron chi connectivity index (χ0n) is 13.4. The topological polar surface area (TPSA) is 63.0 Å². The number of hydrogen-bond acceptors (Lipinski definition) is 5. The minimum atomic E-state index is 0.0664. The van der Waals surface area contributed by atoms with E-state index in [-0.39, 0.29) is 6.61 Å². The first-order valence-corrected chi connectivity index (χ1v) is 9.08. The van der Waals surface area contributed by atoms with E-state index in [0.717, 1.165) is 23.6 Å².